The van der Waals surface area contributed by atoms with Crippen molar-refractivity contribution in [1.29, 1.82) is 0 Å². The summed E-state index contributed by atoms with van der Waals surface area (Å²) in [6, 6.07) is 13.5. The number of nitrogens with zero attached hydrogens (tertiary/aromatic N) is 4. The van der Waals surface area contributed by atoms with Crippen molar-refractivity contribution >= 4 is 17.5 Å². The van der Waals surface area contributed by atoms with Crippen LogP contribution >= 0.6 is 11.6 Å². The highest BCUT2D eigenvalue weighted by Gasteiger charge is 2.13. The van der Waals surface area contributed by atoms with Gasteiger partial charge in [-0.05, 0) is 40.6 Å². The molecule has 0 aliphatic rings. The Kier molecular flexibility index (Phi) is 5.75. The second kappa shape index (κ2) is 8.39. The van der Waals surface area contributed by atoms with Crippen molar-refractivity contribution in [2.75, 3.05) is 17.8 Å². The number of anilines is 1. The maximum atomic E-state index is 6.42. The van der Waals surface area contributed by atoms with Gasteiger partial charge in [0.05, 0.1) is 18.2 Å². The number of nitrogens with two attached hydrogens (primary N) is 1. The van der Waals surface area contributed by atoms with Gasteiger partial charge in [-0.25, -0.2) is 0 Å². The maximum absolute atomic E-state index is 6.42. The molecule has 0 radical (unpaired) electrons. The maximum Gasteiger partial charge on any atom is 0.260 e. The number of hydrogen-bond donors (Lipinski definition) is 2. The Bertz CT molecular complexity index is 856. The van der Waals surface area contributed by atoms with E-state index in [2.05, 4.69) is 21.0 Å². The Hall–Kier alpha value is -3.00. The fraction of sp³-hybridized carbons (Fsp3) is 0.235. The smallest absolute Gasteiger partial charge is 0.260 e. The van der Waals surface area contributed by atoms with Crippen LogP contribution in [0.4, 0.5) is 5.95 Å². The van der Waals surface area contributed by atoms with Gasteiger partial charge in [0.15, 0.2) is 11.5 Å². The van der Waals surface area contributed by atoms with Crippen molar-refractivity contribution in [3.63, 3.8) is 0 Å². The molecule has 0 fully saturated rings. The van der Waals surface area contributed by atoms with E-state index in [-0.39, 0.29) is 5.95 Å². The first-order chi connectivity index (χ1) is 12.7. The highest BCUT2D eigenvalue weighted by atomic mass is 35.5. The summed E-state index contributed by atoms with van der Waals surface area (Å²) >= 11 is 6.42. The molecule has 0 saturated carbocycles. The molecule has 136 valence electrons. The lowest BCUT2D eigenvalue weighted by Gasteiger charge is -2.16. The molecule has 26 heavy (non-hydrogen) atoms. The average molecular weight is 375 g/mol. The molecule has 9 heteroatoms. The number of rotatable bonds is 8. The summed E-state index contributed by atoms with van der Waals surface area (Å²) in [6.45, 7) is 3.21. The highest BCUT2D eigenvalue weighted by Crippen LogP contribution is 2.37. The minimum absolute atomic E-state index is 0.170. The van der Waals surface area contributed by atoms with Gasteiger partial charge in [-0.2, -0.15) is 0 Å². The zero-order chi connectivity index (χ0) is 18.4. The van der Waals surface area contributed by atoms with Crippen LogP contribution in [0.15, 0.2) is 42.5 Å². The molecular formula is C17H19ClN6O2. The Morgan fingerprint density at radius 1 is 1.15 bits per heavy atom. The summed E-state index contributed by atoms with van der Waals surface area (Å²) in [6.07, 6.45) is 0. The van der Waals surface area contributed by atoms with Crippen molar-refractivity contribution in [3.8, 4) is 11.5 Å². The average Bonchev–Trinajstić information content (AvgIpc) is 3.05. The van der Waals surface area contributed by atoms with Gasteiger partial charge in [0, 0.05) is 0 Å². The summed E-state index contributed by atoms with van der Waals surface area (Å²) in [7, 11) is 0. The van der Waals surface area contributed by atoms with Crippen LogP contribution < -0.4 is 20.6 Å². The van der Waals surface area contributed by atoms with Crippen LogP contribution in [-0.2, 0) is 13.2 Å². The third-order valence-electron chi connectivity index (χ3n) is 3.52. The van der Waals surface area contributed by atoms with E-state index < -0.39 is 0 Å². The first-order valence-corrected chi connectivity index (χ1v) is 8.45. The fourth-order valence-corrected chi connectivity index (χ4v) is 2.62. The third-order valence-corrected chi connectivity index (χ3v) is 3.80. The number of nitrogen functional groups attached to an aromatic ring is 1. The lowest BCUT2D eigenvalue weighted by Crippen LogP contribution is -2.18. The normalized spacial score (nSPS) is 10.5. The van der Waals surface area contributed by atoms with Gasteiger partial charge in [-0.3, -0.25) is 0 Å². The number of tetrazole rings is 1. The van der Waals surface area contributed by atoms with Gasteiger partial charge >= 0.3 is 0 Å². The number of nitrogens with one attached hydrogen (secondary N) is 1. The second-order valence-corrected chi connectivity index (χ2v) is 5.80. The second-order valence-electron chi connectivity index (χ2n) is 5.40. The van der Waals surface area contributed by atoms with Crippen molar-refractivity contribution in [3.05, 3.63) is 58.6 Å². The molecule has 8 nitrogen and oxygen atoms in total. The molecule has 2 aromatic carbocycles. The number of aromatic nitrogens is 4. The number of ether oxygens (including phenoxy) is 2. The van der Waals surface area contributed by atoms with Crippen molar-refractivity contribution in [2.45, 2.75) is 20.1 Å². The first kappa shape index (κ1) is 17.8. The zero-order valence-corrected chi connectivity index (χ0v) is 15.0. The summed E-state index contributed by atoms with van der Waals surface area (Å²) in [5.41, 5.74) is 10.5. The van der Waals surface area contributed by atoms with E-state index in [0.29, 0.717) is 36.3 Å². The lowest BCUT2D eigenvalue weighted by molar-refractivity contribution is 0.269. The summed E-state index contributed by atoms with van der Waals surface area (Å²) in [5.74, 6) is 1.27. The van der Waals surface area contributed by atoms with E-state index in [1.165, 1.54) is 4.79 Å². The Morgan fingerprint density at radius 2 is 1.96 bits per heavy atom. The van der Waals surface area contributed by atoms with Crippen LogP contribution in [0.3, 0.4) is 0 Å². The lowest BCUT2D eigenvalue weighted by atomic mass is 10.2. The Balaban J connectivity index is 1.75. The summed E-state index contributed by atoms with van der Waals surface area (Å²) < 4.78 is 11.6. The monoisotopic (exact) mass is 374 g/mol. The van der Waals surface area contributed by atoms with Crippen LogP contribution in [-0.4, -0.2) is 26.9 Å². The zero-order valence-electron chi connectivity index (χ0n) is 14.2. The van der Waals surface area contributed by atoms with Crippen LogP contribution in [0.25, 0.3) is 0 Å². The van der Waals surface area contributed by atoms with Gasteiger partial charge in [0.1, 0.15) is 6.61 Å². The molecule has 0 aliphatic carbocycles. The van der Waals surface area contributed by atoms with E-state index in [9.17, 15) is 0 Å². The van der Waals surface area contributed by atoms with Crippen LogP contribution in [0.5, 0.6) is 11.5 Å². The van der Waals surface area contributed by atoms with Crippen LogP contribution in [0, 0.1) is 0 Å². The molecule has 3 rings (SSSR count). The van der Waals surface area contributed by atoms with Gasteiger partial charge in [-0.1, -0.05) is 47.0 Å². The van der Waals surface area contributed by atoms with Crippen LogP contribution in [0.1, 0.15) is 18.1 Å². The predicted molar refractivity (Wildman–Crippen MR) is 98.7 cm³/mol. The molecular weight excluding hydrogens is 356 g/mol. The number of hydrogen-bond acceptors (Lipinski definition) is 7. The number of benzene rings is 2. The van der Waals surface area contributed by atoms with Gasteiger partial charge in [-0.15, -0.1) is 4.79 Å². The molecule has 3 N–H and O–H groups in total. The van der Waals surface area contributed by atoms with E-state index in [1.807, 2.05) is 43.3 Å². The predicted octanol–water partition coefficient (Wildman–Crippen LogP) is 2.63. The SMILES string of the molecule is CCOc1cc(CNn2nnnc2N)cc(Cl)c1OCc1ccccc1. The molecule has 0 atom stereocenters. The van der Waals surface area contributed by atoms with E-state index >= 15 is 0 Å². The molecule has 0 spiro atoms. The molecule has 1 aromatic heterocycles. The minimum atomic E-state index is 0.170. The quantitative estimate of drug-likeness (QED) is 0.625. The molecule has 3 aromatic rings. The molecule has 0 unspecified atom stereocenters. The third kappa shape index (κ3) is 4.34. The van der Waals surface area contributed by atoms with Gasteiger partial charge < -0.3 is 20.6 Å². The van der Waals surface area contributed by atoms with Crippen molar-refractivity contribution in [1.82, 2.24) is 20.3 Å². The largest absolute Gasteiger partial charge is 0.490 e. The molecule has 1 heterocycles. The Labute approximate surface area is 155 Å². The van der Waals surface area contributed by atoms with Gasteiger partial charge in [0.25, 0.3) is 5.95 Å². The summed E-state index contributed by atoms with van der Waals surface area (Å²) in [4.78, 5) is 1.29. The van der Waals surface area contributed by atoms with E-state index in [4.69, 9.17) is 26.8 Å². The van der Waals surface area contributed by atoms with Crippen molar-refractivity contribution in [2.24, 2.45) is 0 Å². The van der Waals surface area contributed by atoms with E-state index in [0.717, 1.165) is 11.1 Å². The first-order valence-electron chi connectivity index (χ1n) is 8.07. The van der Waals surface area contributed by atoms with Crippen LogP contribution in [0.2, 0.25) is 5.02 Å². The fourth-order valence-electron chi connectivity index (χ4n) is 2.33. The molecule has 0 aliphatic heterocycles. The van der Waals surface area contributed by atoms with Gasteiger partial charge in [0.2, 0.25) is 0 Å². The summed E-state index contributed by atoms with van der Waals surface area (Å²) in [5, 5.41) is 11.3. The standard InChI is InChI=1S/C17H19ClN6O2/c1-2-25-15-9-13(10-20-24-17(19)21-22-23-24)8-14(18)16(15)26-11-12-6-4-3-5-7-12/h3-9,20H,2,10-11H2,1H3,(H2,19,21,23). The number of halogens is 1. The van der Waals surface area contributed by atoms with E-state index in [1.54, 1.807) is 6.07 Å². The Morgan fingerprint density at radius 3 is 2.65 bits per heavy atom. The highest BCUT2D eigenvalue weighted by molar-refractivity contribution is 6.32. The van der Waals surface area contributed by atoms with Crippen molar-refractivity contribution < 1.29 is 9.47 Å². The topological polar surface area (TPSA) is 100 Å². The molecule has 0 amide bonds. The minimum Gasteiger partial charge on any atom is -0.490 e. The molecule has 0 bridgehead atoms. The molecule has 0 saturated heterocycles.